The number of nitrogens with two attached hydrogens (primary N) is 1. The molecule has 1 rings (SSSR count). The van der Waals surface area contributed by atoms with Gasteiger partial charge in [0.25, 0.3) is 5.91 Å². The fraction of sp³-hybridized carbons (Fsp3) is 0.462. The zero-order valence-electron chi connectivity index (χ0n) is 12.2. The van der Waals surface area contributed by atoms with Crippen LogP contribution in [0.1, 0.15) is 31.1 Å². The van der Waals surface area contributed by atoms with Crippen molar-refractivity contribution in [2.45, 2.75) is 26.8 Å². The number of nitrogen functional groups attached to an aromatic ring is 1. The summed E-state index contributed by atoms with van der Waals surface area (Å²) in [5.41, 5.74) is 1.82. The summed E-state index contributed by atoms with van der Waals surface area (Å²) in [7, 11) is 0. The monoisotopic (exact) mass is 297 g/mol. The van der Waals surface area contributed by atoms with Crippen molar-refractivity contribution in [1.82, 2.24) is 15.6 Å². The van der Waals surface area contributed by atoms with Gasteiger partial charge in [0.1, 0.15) is 6.04 Å². The molecule has 0 aromatic carbocycles. The number of hydrogen-bond donors (Lipinski definition) is 4. The predicted octanol–water partition coefficient (Wildman–Crippen LogP) is 0.397. The van der Waals surface area contributed by atoms with Crippen LogP contribution in [0.15, 0.2) is 12.3 Å². The van der Waals surface area contributed by atoms with Crippen LogP contribution in [0.2, 0.25) is 0 Å². The van der Waals surface area contributed by atoms with Crippen LogP contribution in [0, 0.1) is 11.7 Å². The lowest BCUT2D eigenvalue weighted by Crippen LogP contribution is -2.45. The second-order valence-electron chi connectivity index (χ2n) is 5.00. The number of halogens is 1. The number of anilines is 1. The number of rotatable bonds is 6. The summed E-state index contributed by atoms with van der Waals surface area (Å²) < 4.78 is 13.9. The molecule has 0 aliphatic rings. The Bertz CT molecular complexity index is 521. The van der Waals surface area contributed by atoms with Crippen molar-refractivity contribution in [3.63, 3.8) is 0 Å². The highest BCUT2D eigenvalue weighted by Crippen LogP contribution is 2.13. The Hall–Kier alpha value is -2.22. The molecule has 0 radical (unpaired) electrons. The molecule has 0 aliphatic carbocycles. The average molecular weight is 297 g/mol. The lowest BCUT2D eigenvalue weighted by molar-refractivity contribution is -0.122. The van der Waals surface area contributed by atoms with Crippen molar-refractivity contribution in [2.75, 3.05) is 12.0 Å². The summed E-state index contributed by atoms with van der Waals surface area (Å²) >= 11 is 0. The van der Waals surface area contributed by atoms with Gasteiger partial charge in [-0.1, -0.05) is 13.8 Å². The number of nitrogens with one attached hydrogen (secondary N) is 3. The molecule has 5 N–H and O–H groups in total. The number of aromatic nitrogens is 1. The maximum atomic E-state index is 13.9. The van der Waals surface area contributed by atoms with Crippen LogP contribution in [0.4, 0.5) is 10.2 Å². The molecule has 1 heterocycles. The van der Waals surface area contributed by atoms with E-state index in [9.17, 15) is 14.0 Å². The molecule has 116 valence electrons. The normalized spacial score (nSPS) is 11.9. The Morgan fingerprint density at radius 1 is 1.38 bits per heavy atom. The third kappa shape index (κ3) is 4.67. The van der Waals surface area contributed by atoms with Gasteiger partial charge in [0, 0.05) is 12.7 Å². The van der Waals surface area contributed by atoms with Crippen molar-refractivity contribution >= 4 is 17.6 Å². The van der Waals surface area contributed by atoms with Crippen molar-refractivity contribution < 1.29 is 14.0 Å². The van der Waals surface area contributed by atoms with Crippen LogP contribution < -0.4 is 21.9 Å². The second-order valence-corrected chi connectivity index (χ2v) is 5.00. The van der Waals surface area contributed by atoms with Gasteiger partial charge in [-0.3, -0.25) is 9.59 Å². The van der Waals surface area contributed by atoms with E-state index in [1.165, 1.54) is 19.2 Å². The fourth-order valence-corrected chi connectivity index (χ4v) is 1.52. The van der Waals surface area contributed by atoms with E-state index in [1.54, 1.807) is 0 Å². The van der Waals surface area contributed by atoms with Gasteiger partial charge < -0.3 is 16.1 Å². The molecule has 2 amide bonds. The molecule has 0 saturated heterocycles. The third-order valence-corrected chi connectivity index (χ3v) is 2.70. The van der Waals surface area contributed by atoms with Gasteiger partial charge in [-0.05, 0) is 18.9 Å². The highest BCUT2D eigenvalue weighted by Gasteiger charge is 2.20. The Labute approximate surface area is 122 Å². The van der Waals surface area contributed by atoms with Gasteiger partial charge in [0.2, 0.25) is 5.91 Å². The van der Waals surface area contributed by atoms with Crippen LogP contribution in [0.25, 0.3) is 0 Å². The number of carbonyl (C=O) groups excluding carboxylic acids is 2. The second kappa shape index (κ2) is 7.53. The van der Waals surface area contributed by atoms with Crippen molar-refractivity contribution in [2.24, 2.45) is 11.8 Å². The zero-order chi connectivity index (χ0) is 16.0. The number of amides is 2. The lowest BCUT2D eigenvalue weighted by Gasteiger charge is -2.15. The first kappa shape index (κ1) is 16.8. The van der Waals surface area contributed by atoms with Crippen LogP contribution in [-0.2, 0) is 4.79 Å². The molecule has 7 nitrogen and oxygen atoms in total. The molecule has 1 atom stereocenters. The lowest BCUT2D eigenvalue weighted by atomic mass is 10.2. The van der Waals surface area contributed by atoms with Gasteiger partial charge in [-0.2, -0.15) is 0 Å². The van der Waals surface area contributed by atoms with Crippen LogP contribution in [0.3, 0.4) is 0 Å². The van der Waals surface area contributed by atoms with E-state index in [2.05, 4.69) is 21.0 Å². The number of hydrazine groups is 1. The predicted molar refractivity (Wildman–Crippen MR) is 76.8 cm³/mol. The molecule has 0 saturated carbocycles. The molecule has 1 unspecified atom stereocenters. The number of hydrogen-bond acceptors (Lipinski definition) is 5. The standard InChI is InChI=1S/C13H20FN5O2/c1-7(2)6-17-12(20)8(3)18-13(21)9-4-5-16-11(19-15)10(9)14/h4-5,7-8H,6,15H2,1-3H3,(H,16,19)(H,17,20)(H,18,21). The van der Waals surface area contributed by atoms with E-state index in [1.807, 2.05) is 13.8 Å². The molecule has 0 aliphatic heterocycles. The maximum absolute atomic E-state index is 13.9. The molecule has 1 aromatic heterocycles. The topological polar surface area (TPSA) is 109 Å². The molecular formula is C13H20FN5O2. The van der Waals surface area contributed by atoms with E-state index in [0.29, 0.717) is 12.5 Å². The van der Waals surface area contributed by atoms with E-state index in [0.717, 1.165) is 0 Å². The van der Waals surface area contributed by atoms with Crippen molar-refractivity contribution in [3.8, 4) is 0 Å². The summed E-state index contributed by atoms with van der Waals surface area (Å²) in [6, 6.07) is 0.433. The highest BCUT2D eigenvalue weighted by molar-refractivity contribution is 5.98. The Kier molecular flexibility index (Phi) is 6.04. The third-order valence-electron chi connectivity index (χ3n) is 2.70. The minimum absolute atomic E-state index is 0.235. The van der Waals surface area contributed by atoms with Crippen LogP contribution in [0.5, 0.6) is 0 Å². The van der Waals surface area contributed by atoms with Gasteiger partial charge >= 0.3 is 0 Å². The van der Waals surface area contributed by atoms with Gasteiger partial charge in [0.05, 0.1) is 5.56 Å². The van der Waals surface area contributed by atoms with Gasteiger partial charge in [-0.25, -0.2) is 15.2 Å². The van der Waals surface area contributed by atoms with Gasteiger partial charge in [-0.15, -0.1) is 0 Å². The van der Waals surface area contributed by atoms with Crippen molar-refractivity contribution in [1.29, 1.82) is 0 Å². The molecule has 0 fully saturated rings. The smallest absolute Gasteiger partial charge is 0.255 e. The summed E-state index contributed by atoms with van der Waals surface area (Å²) in [6.07, 6.45) is 1.25. The first-order chi connectivity index (χ1) is 9.86. The largest absolute Gasteiger partial charge is 0.354 e. The Morgan fingerprint density at radius 2 is 2.05 bits per heavy atom. The quantitative estimate of drug-likeness (QED) is 0.449. The van der Waals surface area contributed by atoms with Gasteiger partial charge in [0.15, 0.2) is 11.6 Å². The van der Waals surface area contributed by atoms with E-state index < -0.39 is 17.8 Å². The zero-order valence-corrected chi connectivity index (χ0v) is 12.2. The summed E-state index contributed by atoms with van der Waals surface area (Å²) in [6.45, 7) is 5.94. The summed E-state index contributed by atoms with van der Waals surface area (Å²) in [5, 5.41) is 5.11. The SMILES string of the molecule is CC(C)CNC(=O)C(C)NC(=O)c1ccnc(NN)c1F. The van der Waals surface area contributed by atoms with E-state index >= 15 is 0 Å². The molecule has 21 heavy (non-hydrogen) atoms. The summed E-state index contributed by atoms with van der Waals surface area (Å²) in [5.74, 6) is 3.24. The average Bonchev–Trinajstić information content (AvgIpc) is 2.44. The number of carbonyl (C=O) groups is 2. The molecule has 0 bridgehead atoms. The van der Waals surface area contributed by atoms with Crippen LogP contribution in [-0.4, -0.2) is 29.4 Å². The first-order valence-corrected chi connectivity index (χ1v) is 6.56. The molecule has 1 aromatic rings. The van der Waals surface area contributed by atoms with E-state index in [4.69, 9.17) is 5.84 Å². The molecule has 0 spiro atoms. The fourth-order valence-electron chi connectivity index (χ4n) is 1.52. The number of nitrogens with zero attached hydrogens (tertiary/aromatic N) is 1. The minimum Gasteiger partial charge on any atom is -0.354 e. The highest BCUT2D eigenvalue weighted by atomic mass is 19.1. The Morgan fingerprint density at radius 3 is 2.62 bits per heavy atom. The molecule has 8 heteroatoms. The Balaban J connectivity index is 2.70. The molecular weight excluding hydrogens is 277 g/mol. The first-order valence-electron chi connectivity index (χ1n) is 6.56. The number of pyridine rings is 1. The summed E-state index contributed by atoms with van der Waals surface area (Å²) in [4.78, 5) is 27.3. The van der Waals surface area contributed by atoms with E-state index in [-0.39, 0.29) is 17.3 Å². The minimum atomic E-state index is -0.868. The van der Waals surface area contributed by atoms with Crippen LogP contribution >= 0.6 is 0 Å². The maximum Gasteiger partial charge on any atom is 0.255 e. The van der Waals surface area contributed by atoms with Crippen molar-refractivity contribution in [3.05, 3.63) is 23.6 Å².